The Kier molecular flexibility index (Phi) is 4.07. The van der Waals surface area contributed by atoms with Gasteiger partial charge in [0.25, 0.3) is 0 Å². The first-order chi connectivity index (χ1) is 12.0. The van der Waals surface area contributed by atoms with Crippen LogP contribution in [0, 0.1) is 10.5 Å². The van der Waals surface area contributed by atoms with Crippen molar-refractivity contribution in [2.24, 2.45) is 0 Å². The predicted molar refractivity (Wildman–Crippen MR) is 101 cm³/mol. The number of hydrogen-bond acceptors (Lipinski definition) is 2. The highest BCUT2D eigenvalue weighted by atomic mass is 35.5. The van der Waals surface area contributed by atoms with E-state index in [0.717, 1.165) is 16.8 Å². The molecule has 1 N–H and O–H groups in total. The molecule has 0 saturated carbocycles. The quantitative estimate of drug-likeness (QED) is 0.415. The summed E-state index contributed by atoms with van der Waals surface area (Å²) in [6.07, 6.45) is 3.50. The van der Waals surface area contributed by atoms with Crippen LogP contribution < -0.4 is 0 Å². The van der Waals surface area contributed by atoms with Crippen LogP contribution in [0.25, 0.3) is 28.2 Å². The molecule has 3 nitrogen and oxygen atoms in total. The van der Waals surface area contributed by atoms with Gasteiger partial charge in [-0.25, -0.2) is 9.37 Å². The molecule has 4 aromatic rings. The molecule has 0 atom stereocenters. The normalized spacial score (nSPS) is 11.2. The zero-order valence-electron chi connectivity index (χ0n) is 12.6. The molecule has 0 amide bonds. The highest BCUT2D eigenvalue weighted by Gasteiger charge is 2.11. The van der Waals surface area contributed by atoms with Crippen molar-refractivity contribution in [3.05, 3.63) is 75.4 Å². The van der Waals surface area contributed by atoms with Crippen molar-refractivity contribution in [3.63, 3.8) is 0 Å². The number of nitrogens with one attached hydrogen (secondary N) is 1. The minimum Gasteiger partial charge on any atom is -0.323 e. The minimum atomic E-state index is -0.285. The van der Waals surface area contributed by atoms with Crippen LogP contribution in [-0.4, -0.2) is 14.4 Å². The molecule has 7 heteroatoms. The molecule has 0 fully saturated rings. The highest BCUT2D eigenvalue weighted by Crippen LogP contribution is 2.31. The predicted octanol–water partition coefficient (Wildman–Crippen LogP) is 6.17. The van der Waals surface area contributed by atoms with Crippen LogP contribution in [0.1, 0.15) is 0 Å². The first-order valence-electron chi connectivity index (χ1n) is 7.35. The average molecular weight is 390 g/mol. The van der Waals surface area contributed by atoms with Gasteiger partial charge in [-0.05, 0) is 48.0 Å². The number of rotatable bonds is 2. The molecule has 2 aromatic heterocycles. The fraction of sp³-hybridized carbons (Fsp3) is 0. The van der Waals surface area contributed by atoms with Gasteiger partial charge in [-0.2, -0.15) is 0 Å². The Balaban J connectivity index is 1.90. The monoisotopic (exact) mass is 389 g/mol. The van der Waals surface area contributed by atoms with Crippen molar-refractivity contribution < 1.29 is 4.39 Å². The van der Waals surface area contributed by atoms with E-state index in [1.54, 1.807) is 40.9 Å². The van der Waals surface area contributed by atoms with Crippen molar-refractivity contribution in [1.29, 1.82) is 0 Å². The maximum absolute atomic E-state index is 13.1. The Hall–Kier alpha value is -2.21. The van der Waals surface area contributed by atoms with E-state index in [0.29, 0.717) is 26.0 Å². The number of fused-ring (bicyclic) bond motifs is 1. The summed E-state index contributed by atoms with van der Waals surface area (Å²) in [7, 11) is 0. The van der Waals surface area contributed by atoms with Crippen LogP contribution in [-0.2, 0) is 0 Å². The summed E-state index contributed by atoms with van der Waals surface area (Å²) in [5, 5.41) is 1.12. The standard InChI is InChI=1S/C18H10Cl2FN3S/c19-11-3-6-15(20)13(7-11)14-8-22-18-23-16(9-24(18)17(14)25)10-1-4-12(21)5-2-10/h1-9H,(H,22,23). The highest BCUT2D eigenvalue weighted by molar-refractivity contribution is 7.71. The Labute approximate surface area is 157 Å². The maximum Gasteiger partial charge on any atom is 0.212 e. The second kappa shape index (κ2) is 6.26. The largest absolute Gasteiger partial charge is 0.323 e. The zero-order chi connectivity index (χ0) is 17.6. The fourth-order valence-electron chi connectivity index (χ4n) is 2.63. The Morgan fingerprint density at radius 3 is 2.56 bits per heavy atom. The van der Waals surface area contributed by atoms with Gasteiger partial charge in [-0.15, -0.1) is 0 Å². The zero-order valence-corrected chi connectivity index (χ0v) is 15.0. The first kappa shape index (κ1) is 16.3. The van der Waals surface area contributed by atoms with E-state index in [9.17, 15) is 4.39 Å². The number of hydrogen-bond donors (Lipinski definition) is 1. The molecule has 25 heavy (non-hydrogen) atoms. The van der Waals surface area contributed by atoms with E-state index in [-0.39, 0.29) is 5.82 Å². The van der Waals surface area contributed by atoms with Crippen LogP contribution in [0.2, 0.25) is 10.0 Å². The molecule has 2 aromatic carbocycles. The molecule has 0 aliphatic carbocycles. The molecule has 0 bridgehead atoms. The lowest BCUT2D eigenvalue weighted by Crippen LogP contribution is -1.93. The topological polar surface area (TPSA) is 33.1 Å². The second-order valence-electron chi connectivity index (χ2n) is 5.47. The van der Waals surface area contributed by atoms with E-state index in [1.165, 1.54) is 12.1 Å². The van der Waals surface area contributed by atoms with Crippen molar-refractivity contribution >= 4 is 41.2 Å². The van der Waals surface area contributed by atoms with Crippen molar-refractivity contribution in [2.45, 2.75) is 0 Å². The Bertz CT molecular complexity index is 1150. The molecular weight excluding hydrogens is 380 g/mol. The van der Waals surface area contributed by atoms with E-state index < -0.39 is 0 Å². The number of aromatic nitrogens is 3. The van der Waals surface area contributed by atoms with E-state index >= 15 is 0 Å². The van der Waals surface area contributed by atoms with Crippen molar-refractivity contribution in [1.82, 2.24) is 14.4 Å². The summed E-state index contributed by atoms with van der Waals surface area (Å²) in [5.74, 6) is 0.304. The van der Waals surface area contributed by atoms with E-state index in [1.807, 2.05) is 6.20 Å². The van der Waals surface area contributed by atoms with Crippen LogP contribution >= 0.6 is 35.4 Å². The maximum atomic E-state index is 13.1. The van der Waals surface area contributed by atoms with Gasteiger partial charge in [0.05, 0.1) is 5.69 Å². The van der Waals surface area contributed by atoms with Crippen LogP contribution in [0.15, 0.2) is 54.9 Å². The minimum absolute atomic E-state index is 0.285. The lowest BCUT2D eigenvalue weighted by Gasteiger charge is -2.06. The Morgan fingerprint density at radius 2 is 1.80 bits per heavy atom. The summed E-state index contributed by atoms with van der Waals surface area (Å²) in [6, 6.07) is 11.4. The van der Waals surface area contributed by atoms with Gasteiger partial charge in [0.15, 0.2) is 0 Å². The molecule has 0 saturated heterocycles. The second-order valence-corrected chi connectivity index (χ2v) is 6.70. The first-order valence-corrected chi connectivity index (χ1v) is 8.51. The Morgan fingerprint density at radius 1 is 1.04 bits per heavy atom. The van der Waals surface area contributed by atoms with Crippen LogP contribution in [0.3, 0.4) is 0 Å². The summed E-state index contributed by atoms with van der Waals surface area (Å²) in [6.45, 7) is 0. The van der Waals surface area contributed by atoms with Crippen molar-refractivity contribution in [3.8, 4) is 22.4 Å². The molecule has 0 unspecified atom stereocenters. The third-order valence-electron chi connectivity index (χ3n) is 3.87. The van der Waals surface area contributed by atoms with Gasteiger partial charge in [-0.3, -0.25) is 4.40 Å². The van der Waals surface area contributed by atoms with Gasteiger partial charge < -0.3 is 4.98 Å². The number of aromatic amines is 1. The number of imidazole rings is 1. The summed E-state index contributed by atoms with van der Waals surface area (Å²) in [5.41, 5.74) is 3.06. The summed E-state index contributed by atoms with van der Waals surface area (Å²) < 4.78 is 15.4. The lowest BCUT2D eigenvalue weighted by atomic mass is 10.1. The number of H-pyrrole nitrogens is 1. The van der Waals surface area contributed by atoms with Gasteiger partial charge in [0, 0.05) is 33.6 Å². The fourth-order valence-corrected chi connectivity index (χ4v) is 3.32. The smallest absolute Gasteiger partial charge is 0.212 e. The number of benzene rings is 2. The molecular formula is C18H10Cl2FN3S. The number of halogens is 3. The van der Waals surface area contributed by atoms with E-state index in [2.05, 4.69) is 9.97 Å². The average Bonchev–Trinajstić information content (AvgIpc) is 3.03. The molecule has 0 aliphatic rings. The third kappa shape index (κ3) is 2.95. The number of nitrogens with zero attached hydrogens (tertiary/aromatic N) is 2. The van der Waals surface area contributed by atoms with Gasteiger partial charge in [0.2, 0.25) is 5.78 Å². The molecule has 0 aliphatic heterocycles. The van der Waals surface area contributed by atoms with Gasteiger partial charge >= 0.3 is 0 Å². The van der Waals surface area contributed by atoms with Gasteiger partial charge in [-0.1, -0.05) is 35.4 Å². The summed E-state index contributed by atoms with van der Waals surface area (Å²) >= 11 is 18.0. The molecule has 4 rings (SSSR count). The lowest BCUT2D eigenvalue weighted by molar-refractivity contribution is 0.628. The van der Waals surface area contributed by atoms with E-state index in [4.69, 9.17) is 35.4 Å². The molecule has 124 valence electrons. The third-order valence-corrected chi connectivity index (χ3v) is 4.85. The molecule has 0 radical (unpaired) electrons. The molecule has 0 spiro atoms. The molecule has 2 heterocycles. The SMILES string of the molecule is Fc1ccc(-c2cn3c(=S)c(-c4cc(Cl)ccc4Cl)cnc3[nH]2)cc1. The van der Waals surface area contributed by atoms with Crippen molar-refractivity contribution in [2.75, 3.05) is 0 Å². The summed E-state index contributed by atoms with van der Waals surface area (Å²) in [4.78, 5) is 7.60. The van der Waals surface area contributed by atoms with Crippen LogP contribution in [0.4, 0.5) is 4.39 Å². The van der Waals surface area contributed by atoms with Crippen LogP contribution in [0.5, 0.6) is 0 Å². The van der Waals surface area contributed by atoms with Gasteiger partial charge in [0.1, 0.15) is 10.5 Å².